The van der Waals surface area contributed by atoms with Gasteiger partial charge < -0.3 is 14.5 Å². The van der Waals surface area contributed by atoms with Crippen LogP contribution in [-0.2, 0) is 17.9 Å². The Hall–Kier alpha value is -3.59. The highest BCUT2D eigenvalue weighted by molar-refractivity contribution is 5.94. The van der Waals surface area contributed by atoms with Gasteiger partial charge in [0, 0.05) is 37.4 Å². The van der Waals surface area contributed by atoms with E-state index in [0.717, 1.165) is 11.3 Å². The Kier molecular flexibility index (Phi) is 5.63. The Labute approximate surface area is 190 Å². The van der Waals surface area contributed by atoms with Gasteiger partial charge >= 0.3 is 0 Å². The van der Waals surface area contributed by atoms with Crippen molar-refractivity contribution >= 4 is 17.4 Å². The summed E-state index contributed by atoms with van der Waals surface area (Å²) in [6.45, 7) is 4.72. The molecule has 1 amide bonds. The number of hydrogen-bond donors (Lipinski definition) is 0. The molecule has 0 saturated carbocycles. The fourth-order valence-corrected chi connectivity index (χ4v) is 4.28. The average molecular weight is 449 g/mol. The quantitative estimate of drug-likeness (QED) is 0.570. The van der Waals surface area contributed by atoms with Gasteiger partial charge in [0.1, 0.15) is 11.9 Å². The van der Waals surface area contributed by atoms with E-state index < -0.39 is 0 Å². The first kappa shape index (κ1) is 21.3. The number of ketones is 1. The summed E-state index contributed by atoms with van der Waals surface area (Å²) in [5.74, 6) is -0.398. The Morgan fingerprint density at radius 3 is 2.36 bits per heavy atom. The summed E-state index contributed by atoms with van der Waals surface area (Å²) in [4.78, 5) is 28.6. The van der Waals surface area contributed by atoms with Gasteiger partial charge in [0.15, 0.2) is 11.5 Å². The number of rotatable bonds is 4. The monoisotopic (exact) mass is 449 g/mol. The topological polar surface area (TPSA) is 80.6 Å². The van der Waals surface area contributed by atoms with E-state index in [1.807, 2.05) is 24.3 Å². The molecule has 0 spiro atoms. The van der Waals surface area contributed by atoms with Crippen molar-refractivity contribution in [3.8, 4) is 0 Å². The first-order valence-electron chi connectivity index (χ1n) is 10.9. The van der Waals surface area contributed by atoms with E-state index >= 15 is 0 Å². The zero-order valence-electron chi connectivity index (χ0n) is 18.3. The van der Waals surface area contributed by atoms with Gasteiger partial charge in [0.25, 0.3) is 5.91 Å². The lowest BCUT2D eigenvalue weighted by molar-refractivity contribution is -0.00199. The Morgan fingerprint density at radius 1 is 1.00 bits per heavy atom. The average Bonchev–Trinajstić information content (AvgIpc) is 3.27. The minimum atomic E-state index is -0.294. The van der Waals surface area contributed by atoms with Crippen molar-refractivity contribution < 1.29 is 18.7 Å². The normalized spacial score (nSPS) is 18.2. The van der Waals surface area contributed by atoms with E-state index in [4.69, 9.17) is 4.74 Å². The lowest BCUT2D eigenvalue weighted by atomic mass is 10.1. The maximum atomic E-state index is 13.2. The molecule has 0 bridgehead atoms. The number of aromatic nitrogens is 3. The molecule has 1 atom stereocenters. The van der Waals surface area contributed by atoms with Crippen LogP contribution in [0.2, 0.25) is 0 Å². The highest BCUT2D eigenvalue weighted by Crippen LogP contribution is 2.28. The molecule has 8 nitrogen and oxygen atoms in total. The molecule has 1 aromatic heterocycles. The van der Waals surface area contributed by atoms with Gasteiger partial charge in [-0.15, -0.1) is 5.10 Å². The maximum Gasteiger partial charge on any atom is 0.276 e. The van der Waals surface area contributed by atoms with Crippen molar-refractivity contribution in [2.75, 3.05) is 31.1 Å². The number of benzene rings is 2. The number of carbonyl (C=O) groups is 2. The van der Waals surface area contributed by atoms with Gasteiger partial charge in [-0.1, -0.05) is 17.3 Å². The SMILES string of the molecule is CC(=O)c1ccc(N2CCN(C(=O)c3nnn4c3CO[C@@H](c3ccc(F)cc3)C4)CC2)cc1. The van der Waals surface area contributed by atoms with Gasteiger partial charge in [0.2, 0.25) is 0 Å². The standard InChI is InChI=1S/C24H24FN5O3/c1-16(31)17-4-8-20(9-5-17)28-10-12-29(13-11-28)24(32)23-21-15-33-22(14-30(21)27-26-23)18-2-6-19(25)7-3-18/h2-9,22H,10-15H2,1H3/t22-/m1/s1. The summed E-state index contributed by atoms with van der Waals surface area (Å²) < 4.78 is 20.8. The molecule has 2 aromatic carbocycles. The lowest BCUT2D eigenvalue weighted by Gasteiger charge is -2.36. The third-order valence-electron chi connectivity index (χ3n) is 6.25. The molecule has 1 fully saturated rings. The van der Waals surface area contributed by atoms with Crippen molar-refractivity contribution in [1.82, 2.24) is 19.9 Å². The van der Waals surface area contributed by atoms with Gasteiger partial charge in [-0.2, -0.15) is 0 Å². The number of amides is 1. The van der Waals surface area contributed by atoms with Crippen molar-refractivity contribution in [3.63, 3.8) is 0 Å². The van der Waals surface area contributed by atoms with Crippen LogP contribution in [-0.4, -0.2) is 57.8 Å². The molecule has 33 heavy (non-hydrogen) atoms. The first-order chi connectivity index (χ1) is 16.0. The molecule has 5 rings (SSSR count). The minimum absolute atomic E-state index is 0.0435. The van der Waals surface area contributed by atoms with Crippen molar-refractivity contribution in [3.05, 3.63) is 76.9 Å². The second-order valence-electron chi connectivity index (χ2n) is 8.30. The Morgan fingerprint density at radius 2 is 1.70 bits per heavy atom. The molecule has 0 unspecified atom stereocenters. The summed E-state index contributed by atoms with van der Waals surface area (Å²) in [6.07, 6.45) is -0.263. The number of Topliss-reactive ketones (excluding diaryl/α,β-unsaturated/α-hetero) is 1. The van der Waals surface area contributed by atoms with E-state index in [2.05, 4.69) is 15.2 Å². The number of anilines is 1. The van der Waals surface area contributed by atoms with Crippen LogP contribution in [0.1, 0.15) is 45.1 Å². The van der Waals surface area contributed by atoms with Crippen LogP contribution in [0.4, 0.5) is 10.1 Å². The Bertz CT molecular complexity index is 1170. The van der Waals surface area contributed by atoms with Crippen LogP contribution in [0.15, 0.2) is 48.5 Å². The second kappa shape index (κ2) is 8.74. The summed E-state index contributed by atoms with van der Waals surface area (Å²) in [5, 5.41) is 8.33. The van der Waals surface area contributed by atoms with Crippen LogP contribution in [0.25, 0.3) is 0 Å². The third kappa shape index (κ3) is 4.23. The van der Waals surface area contributed by atoms with Crippen LogP contribution < -0.4 is 4.90 Å². The molecular formula is C24H24FN5O3. The molecule has 3 aromatic rings. The number of ether oxygens (including phenoxy) is 1. The van der Waals surface area contributed by atoms with Crippen LogP contribution in [0, 0.1) is 5.82 Å². The summed E-state index contributed by atoms with van der Waals surface area (Å²) in [7, 11) is 0. The molecular weight excluding hydrogens is 425 g/mol. The lowest BCUT2D eigenvalue weighted by Crippen LogP contribution is -2.49. The van der Waals surface area contributed by atoms with Gasteiger partial charge in [-0.05, 0) is 48.9 Å². The largest absolute Gasteiger partial charge is 0.368 e. The number of nitrogens with zero attached hydrogens (tertiary/aromatic N) is 5. The van der Waals surface area contributed by atoms with E-state index in [-0.39, 0.29) is 30.2 Å². The number of hydrogen-bond acceptors (Lipinski definition) is 6. The number of halogens is 1. The molecule has 1 saturated heterocycles. The van der Waals surface area contributed by atoms with Crippen molar-refractivity contribution in [2.45, 2.75) is 26.2 Å². The van der Waals surface area contributed by atoms with E-state index in [0.29, 0.717) is 49.7 Å². The van der Waals surface area contributed by atoms with Crippen LogP contribution in [0.3, 0.4) is 0 Å². The van der Waals surface area contributed by atoms with Gasteiger partial charge in [-0.3, -0.25) is 9.59 Å². The molecule has 9 heteroatoms. The number of carbonyl (C=O) groups excluding carboxylic acids is 2. The van der Waals surface area contributed by atoms with E-state index in [1.54, 1.807) is 28.6 Å². The van der Waals surface area contributed by atoms with Crippen LogP contribution >= 0.6 is 0 Å². The summed E-state index contributed by atoms with van der Waals surface area (Å²) >= 11 is 0. The first-order valence-corrected chi connectivity index (χ1v) is 10.9. The van der Waals surface area contributed by atoms with Crippen molar-refractivity contribution in [1.29, 1.82) is 0 Å². The molecule has 2 aliphatic rings. The summed E-state index contributed by atoms with van der Waals surface area (Å²) in [5.41, 5.74) is 3.58. The Balaban J connectivity index is 1.23. The minimum Gasteiger partial charge on any atom is -0.368 e. The molecule has 170 valence electrons. The second-order valence-corrected chi connectivity index (χ2v) is 8.30. The van der Waals surface area contributed by atoms with Gasteiger partial charge in [0.05, 0.1) is 18.8 Å². The summed E-state index contributed by atoms with van der Waals surface area (Å²) in [6, 6.07) is 13.7. The van der Waals surface area contributed by atoms with E-state index in [9.17, 15) is 14.0 Å². The predicted molar refractivity (Wildman–Crippen MR) is 119 cm³/mol. The molecule has 2 aliphatic heterocycles. The van der Waals surface area contributed by atoms with E-state index in [1.165, 1.54) is 12.1 Å². The number of fused-ring (bicyclic) bond motifs is 1. The smallest absolute Gasteiger partial charge is 0.276 e. The van der Waals surface area contributed by atoms with Crippen LogP contribution in [0.5, 0.6) is 0 Å². The predicted octanol–water partition coefficient (Wildman–Crippen LogP) is 2.85. The molecule has 0 radical (unpaired) electrons. The molecule has 3 heterocycles. The van der Waals surface area contributed by atoms with Crippen molar-refractivity contribution in [2.24, 2.45) is 0 Å². The third-order valence-corrected chi connectivity index (χ3v) is 6.25. The molecule has 0 aliphatic carbocycles. The fourth-order valence-electron chi connectivity index (χ4n) is 4.28. The fraction of sp³-hybridized carbons (Fsp3) is 0.333. The zero-order valence-corrected chi connectivity index (χ0v) is 18.3. The highest BCUT2D eigenvalue weighted by atomic mass is 19.1. The number of piperazine rings is 1. The highest BCUT2D eigenvalue weighted by Gasteiger charge is 2.31. The zero-order chi connectivity index (χ0) is 22.9. The molecule has 0 N–H and O–H groups in total. The van der Waals surface area contributed by atoms with Gasteiger partial charge in [-0.25, -0.2) is 9.07 Å². The maximum absolute atomic E-state index is 13.2.